The number of methoxy groups -OCH3 is 1. The summed E-state index contributed by atoms with van der Waals surface area (Å²) in [7, 11) is 5.88. The minimum Gasteiger partial charge on any atom is -0.445 e. The van der Waals surface area contributed by atoms with E-state index in [-0.39, 0.29) is 44.2 Å². The van der Waals surface area contributed by atoms with Crippen molar-refractivity contribution in [2.24, 2.45) is 35.1 Å². The lowest BCUT2D eigenvalue weighted by molar-refractivity contribution is -0.144. The first-order valence-electron chi connectivity index (χ1n) is 23.7. The molecular formula is C48H82N10O12. The van der Waals surface area contributed by atoms with Crippen LogP contribution in [0.2, 0.25) is 0 Å². The van der Waals surface area contributed by atoms with E-state index in [4.69, 9.17) is 25.7 Å². The summed E-state index contributed by atoms with van der Waals surface area (Å²) in [5.41, 5.74) is 10.8. The number of nitrogens with two attached hydrogens (primary N) is 2. The second-order valence-corrected chi connectivity index (χ2v) is 19.7. The lowest BCUT2D eigenvalue weighted by Crippen LogP contribution is -2.60. The predicted octanol–water partition coefficient (Wildman–Crippen LogP) is 3.06. The number of hydrogen-bond donors (Lipinski definition) is 7. The van der Waals surface area contributed by atoms with E-state index in [0.717, 1.165) is 4.90 Å². The highest BCUT2D eigenvalue weighted by atomic mass is 16.6. The Morgan fingerprint density at radius 1 is 0.729 bits per heavy atom. The highest BCUT2D eigenvalue weighted by Crippen LogP contribution is 2.24. The molecule has 1 rings (SSSR count). The third kappa shape index (κ3) is 20.8. The summed E-state index contributed by atoms with van der Waals surface area (Å²) in [4.78, 5) is 121. The number of amides is 10. The van der Waals surface area contributed by atoms with Crippen LogP contribution in [-0.4, -0.2) is 152 Å². The van der Waals surface area contributed by atoms with Gasteiger partial charge in [0.05, 0.1) is 18.6 Å². The van der Waals surface area contributed by atoms with Crippen LogP contribution in [0.3, 0.4) is 0 Å². The standard InChI is InChI=1S/C48H82N10O12/c1-16-30(8)40(34(68-15)24-35(49)59)57(13)44(64)38(28(4)5)55-43(63)39(29(6)7)58(14)47(67)69-26-31-19-21-32(22-20-31)52-41(61)33(18-17-23-51-45(50)65)53-42(62)37(27(2)3)54-36(60)25-56(12)46(66)70-48(9,10)11/h19-22,27-30,33-34,37-40H,16-18,23-26H2,1-15H3,(H2,49,59)(H,52,61)(H,53,62)(H,54,60)(H,55,63)(H3,50,51,65)/t30?,33-,34+,37-,38-,39-,40-/m0/s1. The monoisotopic (exact) mass is 991 g/mol. The fourth-order valence-corrected chi connectivity index (χ4v) is 7.52. The highest BCUT2D eigenvalue weighted by molar-refractivity contribution is 5.98. The summed E-state index contributed by atoms with van der Waals surface area (Å²) < 4.78 is 16.5. The van der Waals surface area contributed by atoms with Gasteiger partial charge in [0.1, 0.15) is 42.9 Å². The zero-order chi connectivity index (χ0) is 53.8. The predicted molar refractivity (Wildman–Crippen MR) is 263 cm³/mol. The fourth-order valence-electron chi connectivity index (χ4n) is 7.52. The molecule has 10 amide bonds. The number of anilines is 1. The minimum absolute atomic E-state index is 0.0757. The van der Waals surface area contributed by atoms with Crippen molar-refractivity contribution in [2.75, 3.05) is 46.7 Å². The topological polar surface area (TPSA) is 303 Å². The molecule has 0 aliphatic carbocycles. The molecule has 0 saturated heterocycles. The molecule has 0 radical (unpaired) electrons. The van der Waals surface area contributed by atoms with Crippen LogP contribution in [0.15, 0.2) is 24.3 Å². The maximum Gasteiger partial charge on any atom is 0.410 e. The summed E-state index contributed by atoms with van der Waals surface area (Å²) in [5, 5.41) is 13.4. The largest absolute Gasteiger partial charge is 0.445 e. The molecule has 0 bridgehead atoms. The maximum atomic E-state index is 14.1. The van der Waals surface area contributed by atoms with E-state index in [1.165, 1.54) is 31.0 Å². The van der Waals surface area contributed by atoms with Crippen LogP contribution in [0.5, 0.6) is 0 Å². The average Bonchev–Trinajstić information content (AvgIpc) is 3.25. The Balaban J connectivity index is 3.14. The van der Waals surface area contributed by atoms with Crippen molar-refractivity contribution in [1.82, 2.24) is 36.0 Å². The summed E-state index contributed by atoms with van der Waals surface area (Å²) >= 11 is 0. The van der Waals surface area contributed by atoms with Crippen LogP contribution in [0, 0.1) is 23.7 Å². The van der Waals surface area contributed by atoms with Crippen LogP contribution in [0.25, 0.3) is 0 Å². The van der Waals surface area contributed by atoms with Gasteiger partial charge in [0.25, 0.3) is 0 Å². The zero-order valence-corrected chi connectivity index (χ0v) is 43.9. The van der Waals surface area contributed by atoms with Gasteiger partial charge in [-0.3, -0.25) is 33.7 Å². The van der Waals surface area contributed by atoms with Crippen molar-refractivity contribution >= 4 is 59.3 Å². The van der Waals surface area contributed by atoms with Gasteiger partial charge < -0.3 is 62.1 Å². The first-order valence-corrected chi connectivity index (χ1v) is 23.7. The van der Waals surface area contributed by atoms with Gasteiger partial charge in [-0.2, -0.15) is 0 Å². The van der Waals surface area contributed by atoms with Gasteiger partial charge in [0.2, 0.25) is 35.4 Å². The molecule has 1 aromatic carbocycles. The lowest BCUT2D eigenvalue weighted by atomic mass is 9.89. The van der Waals surface area contributed by atoms with Gasteiger partial charge >= 0.3 is 18.2 Å². The van der Waals surface area contributed by atoms with E-state index in [0.29, 0.717) is 17.7 Å². The van der Waals surface area contributed by atoms with Gasteiger partial charge in [-0.1, -0.05) is 73.9 Å². The zero-order valence-electron chi connectivity index (χ0n) is 43.9. The van der Waals surface area contributed by atoms with Gasteiger partial charge in [-0.15, -0.1) is 0 Å². The Morgan fingerprint density at radius 2 is 1.31 bits per heavy atom. The first-order chi connectivity index (χ1) is 32.4. The molecule has 7 atom stereocenters. The second kappa shape index (κ2) is 29.1. The van der Waals surface area contributed by atoms with Crippen molar-refractivity contribution in [2.45, 2.75) is 150 Å². The molecule has 22 heteroatoms. The molecule has 9 N–H and O–H groups in total. The summed E-state index contributed by atoms with van der Waals surface area (Å²) in [6, 6.07) is 0.837. The van der Waals surface area contributed by atoms with E-state index < -0.39 is 114 Å². The maximum absolute atomic E-state index is 14.1. The van der Waals surface area contributed by atoms with E-state index in [1.807, 2.05) is 13.8 Å². The molecule has 0 aliphatic heterocycles. The summed E-state index contributed by atoms with van der Waals surface area (Å²) in [5.74, 6) is -4.68. The number of carbonyl (C=O) groups is 9. The highest BCUT2D eigenvalue weighted by Gasteiger charge is 2.40. The van der Waals surface area contributed by atoms with E-state index in [9.17, 15) is 43.2 Å². The van der Waals surface area contributed by atoms with Gasteiger partial charge in [0, 0.05) is 40.5 Å². The van der Waals surface area contributed by atoms with Crippen LogP contribution < -0.4 is 38.1 Å². The Kier molecular flexibility index (Phi) is 25.7. The molecule has 70 heavy (non-hydrogen) atoms. The van der Waals surface area contributed by atoms with Crippen molar-refractivity contribution in [3.05, 3.63) is 29.8 Å². The number of primary amides is 2. The molecule has 1 aromatic rings. The van der Waals surface area contributed by atoms with Crippen LogP contribution >= 0.6 is 0 Å². The van der Waals surface area contributed by atoms with Crippen LogP contribution in [0.1, 0.15) is 107 Å². The minimum atomic E-state index is -1.13. The molecule has 0 aliphatic rings. The number of nitrogens with one attached hydrogen (secondary N) is 5. The van der Waals surface area contributed by atoms with Gasteiger partial charge in [0.15, 0.2) is 0 Å². The summed E-state index contributed by atoms with van der Waals surface area (Å²) in [6.07, 6.45) is -1.30. The number of urea groups is 1. The van der Waals surface area contributed by atoms with Gasteiger partial charge in [-0.05, 0) is 75.0 Å². The second-order valence-electron chi connectivity index (χ2n) is 19.7. The third-order valence-corrected chi connectivity index (χ3v) is 11.5. The molecule has 396 valence electrons. The molecule has 1 unspecified atom stereocenters. The molecule has 0 heterocycles. The quantitative estimate of drug-likeness (QED) is 0.0626. The molecule has 0 spiro atoms. The van der Waals surface area contributed by atoms with Crippen molar-refractivity contribution < 1.29 is 57.4 Å². The van der Waals surface area contributed by atoms with Crippen LogP contribution in [-0.2, 0) is 49.6 Å². The fraction of sp³-hybridized carbons (Fsp3) is 0.688. The number of carbonyl (C=O) groups excluding carboxylic acids is 9. The summed E-state index contributed by atoms with van der Waals surface area (Å²) in [6.45, 7) is 19.0. The number of hydrogen-bond acceptors (Lipinski definition) is 12. The number of likely N-dealkylation sites (N-methyl/N-ethyl adjacent to an activating group) is 3. The molecule has 0 fully saturated rings. The third-order valence-electron chi connectivity index (χ3n) is 11.5. The SMILES string of the molecule is CCC(C)[C@@H]([C@@H](CC(N)=O)OC)N(C)C(=O)[C@@H](NC(=O)[C@H](C(C)C)N(C)C(=O)OCc1ccc(NC(=O)[C@H](CCCNC(N)=O)NC(=O)[C@@H](NC(=O)CN(C)C(=O)OC(C)(C)C)C(C)C)cc1)C(C)C. The number of ether oxygens (including phenoxy) is 3. The Labute approximate surface area is 413 Å². The van der Waals surface area contributed by atoms with Crippen LogP contribution in [0.4, 0.5) is 20.1 Å². The Bertz CT molecular complexity index is 1920. The normalized spacial score (nSPS) is 14.4. The van der Waals surface area contributed by atoms with Crippen molar-refractivity contribution in [1.29, 1.82) is 0 Å². The molecule has 0 saturated carbocycles. The van der Waals surface area contributed by atoms with Gasteiger partial charge in [-0.25, -0.2) is 14.4 Å². The molecule has 0 aromatic heterocycles. The Morgan fingerprint density at radius 3 is 1.80 bits per heavy atom. The molecular weight excluding hydrogens is 909 g/mol. The number of benzene rings is 1. The lowest BCUT2D eigenvalue weighted by Gasteiger charge is -2.40. The smallest absolute Gasteiger partial charge is 0.410 e. The number of rotatable bonds is 27. The number of nitrogens with zero attached hydrogens (tertiary/aromatic N) is 3. The van der Waals surface area contributed by atoms with E-state index in [1.54, 1.807) is 93.6 Å². The molecule has 22 nitrogen and oxygen atoms in total. The van der Waals surface area contributed by atoms with E-state index >= 15 is 0 Å². The average molecular weight is 991 g/mol. The Hall–Kier alpha value is -6.19. The first kappa shape index (κ1) is 61.8. The van der Waals surface area contributed by atoms with Crippen molar-refractivity contribution in [3.63, 3.8) is 0 Å². The van der Waals surface area contributed by atoms with E-state index in [2.05, 4.69) is 26.6 Å². The van der Waals surface area contributed by atoms with Crippen molar-refractivity contribution in [3.8, 4) is 0 Å².